The first kappa shape index (κ1) is 17.6. The lowest BCUT2D eigenvalue weighted by Crippen LogP contribution is -2.35. The van der Waals surface area contributed by atoms with E-state index in [4.69, 9.17) is 4.74 Å². The fourth-order valence-corrected chi connectivity index (χ4v) is 4.29. The van der Waals surface area contributed by atoms with Gasteiger partial charge in [-0.15, -0.1) is 0 Å². The highest BCUT2D eigenvalue weighted by molar-refractivity contribution is 9.10. The van der Waals surface area contributed by atoms with Crippen molar-refractivity contribution >= 4 is 21.8 Å². The summed E-state index contributed by atoms with van der Waals surface area (Å²) in [6.45, 7) is 1.16. The molecule has 2 unspecified atom stereocenters. The maximum atomic E-state index is 13.0. The van der Waals surface area contributed by atoms with Crippen molar-refractivity contribution in [2.75, 3.05) is 0 Å². The smallest absolute Gasteiger partial charge is 0.258 e. The van der Waals surface area contributed by atoms with Gasteiger partial charge in [0.1, 0.15) is 11.9 Å². The highest BCUT2D eigenvalue weighted by Crippen LogP contribution is 2.34. The fourth-order valence-electron chi connectivity index (χ4n) is 3.85. The molecule has 26 heavy (non-hydrogen) atoms. The maximum absolute atomic E-state index is 13.0. The van der Waals surface area contributed by atoms with Gasteiger partial charge >= 0.3 is 0 Å². The van der Waals surface area contributed by atoms with Crippen LogP contribution in [-0.4, -0.2) is 28.1 Å². The molecule has 0 saturated heterocycles. The lowest BCUT2D eigenvalue weighted by molar-refractivity contribution is 0.00636. The van der Waals surface area contributed by atoms with Crippen LogP contribution in [0.4, 0.5) is 0 Å². The molecule has 2 aliphatic rings. The predicted molar refractivity (Wildman–Crippen MR) is 103 cm³/mol. The van der Waals surface area contributed by atoms with Crippen LogP contribution in [0.25, 0.3) is 0 Å². The molecule has 1 fully saturated rings. The third kappa shape index (κ3) is 3.51. The minimum atomic E-state index is -0.450. The fraction of sp³-hybridized carbons (Fsp3) is 0.381. The van der Waals surface area contributed by atoms with Gasteiger partial charge in [0.05, 0.1) is 11.7 Å². The summed E-state index contributed by atoms with van der Waals surface area (Å²) in [6.07, 6.45) is 3.02. The zero-order valence-electron chi connectivity index (χ0n) is 14.5. The second kappa shape index (κ2) is 7.41. The van der Waals surface area contributed by atoms with E-state index in [9.17, 15) is 9.90 Å². The summed E-state index contributed by atoms with van der Waals surface area (Å²) in [5.74, 6) is 0.607. The van der Waals surface area contributed by atoms with Crippen molar-refractivity contribution in [3.05, 3.63) is 63.6 Å². The monoisotopic (exact) mass is 415 g/mol. The largest absolute Gasteiger partial charge is 0.487 e. The number of hydrogen-bond donors (Lipinski definition) is 1. The zero-order chi connectivity index (χ0) is 18.1. The first-order valence-electron chi connectivity index (χ1n) is 9.12. The van der Waals surface area contributed by atoms with Crippen LogP contribution in [0.15, 0.2) is 46.9 Å². The van der Waals surface area contributed by atoms with Gasteiger partial charge in [0.25, 0.3) is 5.91 Å². The molecule has 1 amide bonds. The standard InChI is InChI=1S/C21H22BrNO3/c22-16-7-3-5-14(11-16)12-23-13-15-6-4-10-19(20(15)21(23)25)26-18-9-2-1-8-17(18)24/h3-7,10-11,17-18,24H,1-2,8-9,12-13H2. The van der Waals surface area contributed by atoms with Crippen molar-refractivity contribution < 1.29 is 14.6 Å². The van der Waals surface area contributed by atoms with Crippen molar-refractivity contribution in [2.45, 2.75) is 51.0 Å². The molecule has 0 spiro atoms. The van der Waals surface area contributed by atoms with Crippen molar-refractivity contribution in [3.63, 3.8) is 0 Å². The van der Waals surface area contributed by atoms with Crippen LogP contribution in [0.5, 0.6) is 5.75 Å². The number of halogens is 1. The average Bonchev–Trinajstić information content (AvgIpc) is 2.94. The van der Waals surface area contributed by atoms with E-state index in [1.807, 2.05) is 47.4 Å². The number of aliphatic hydroxyl groups excluding tert-OH is 1. The van der Waals surface area contributed by atoms with E-state index in [-0.39, 0.29) is 12.0 Å². The van der Waals surface area contributed by atoms with E-state index in [2.05, 4.69) is 15.9 Å². The Kier molecular flexibility index (Phi) is 5.00. The Balaban J connectivity index is 1.54. The minimum Gasteiger partial charge on any atom is -0.487 e. The number of hydrogen-bond acceptors (Lipinski definition) is 3. The van der Waals surface area contributed by atoms with Gasteiger partial charge in [-0.1, -0.05) is 46.6 Å². The number of fused-ring (bicyclic) bond motifs is 1. The lowest BCUT2D eigenvalue weighted by Gasteiger charge is -2.28. The second-order valence-corrected chi connectivity index (χ2v) is 8.01. The molecule has 0 aromatic heterocycles. The topological polar surface area (TPSA) is 49.8 Å². The van der Waals surface area contributed by atoms with Crippen molar-refractivity contribution in [2.24, 2.45) is 0 Å². The van der Waals surface area contributed by atoms with Gasteiger partial charge in [0, 0.05) is 17.6 Å². The number of amides is 1. The van der Waals surface area contributed by atoms with Crippen molar-refractivity contribution in [3.8, 4) is 5.75 Å². The Morgan fingerprint density at radius 1 is 1.15 bits per heavy atom. The zero-order valence-corrected chi connectivity index (χ0v) is 16.1. The highest BCUT2D eigenvalue weighted by Gasteiger charge is 2.33. The maximum Gasteiger partial charge on any atom is 0.258 e. The summed E-state index contributed by atoms with van der Waals surface area (Å²) >= 11 is 3.48. The number of carbonyl (C=O) groups excluding carboxylic acids is 1. The molecule has 0 radical (unpaired) electrons. The van der Waals surface area contributed by atoms with Crippen LogP contribution in [0, 0.1) is 0 Å². The van der Waals surface area contributed by atoms with Gasteiger partial charge < -0.3 is 14.7 Å². The summed E-state index contributed by atoms with van der Waals surface area (Å²) in [5.41, 5.74) is 2.73. The molecular weight excluding hydrogens is 394 g/mol. The number of ether oxygens (including phenoxy) is 1. The molecule has 1 aliphatic carbocycles. The van der Waals surface area contributed by atoms with E-state index < -0.39 is 6.10 Å². The van der Waals surface area contributed by atoms with Crippen LogP contribution in [0.1, 0.15) is 47.2 Å². The third-order valence-corrected chi connectivity index (χ3v) is 5.68. The Morgan fingerprint density at radius 3 is 2.77 bits per heavy atom. The molecule has 1 heterocycles. The van der Waals surface area contributed by atoms with Crippen molar-refractivity contribution in [1.29, 1.82) is 0 Å². The molecule has 0 bridgehead atoms. The molecule has 5 heteroatoms. The molecule has 1 saturated carbocycles. The molecular formula is C21H22BrNO3. The Labute approximate surface area is 161 Å². The summed E-state index contributed by atoms with van der Waals surface area (Å²) in [5, 5.41) is 10.2. The lowest BCUT2D eigenvalue weighted by atomic mass is 9.94. The van der Waals surface area contributed by atoms with Gasteiger partial charge in [0.2, 0.25) is 0 Å². The van der Waals surface area contributed by atoms with Gasteiger partial charge in [-0.2, -0.15) is 0 Å². The Bertz CT molecular complexity index is 823. The normalized spacial score (nSPS) is 22.4. The summed E-state index contributed by atoms with van der Waals surface area (Å²) in [7, 11) is 0. The third-order valence-electron chi connectivity index (χ3n) is 5.18. The van der Waals surface area contributed by atoms with Gasteiger partial charge in [-0.05, 0) is 48.6 Å². The molecule has 2 atom stereocenters. The average molecular weight is 416 g/mol. The van der Waals surface area contributed by atoms with E-state index in [0.29, 0.717) is 24.4 Å². The summed E-state index contributed by atoms with van der Waals surface area (Å²) in [6, 6.07) is 13.8. The van der Waals surface area contributed by atoms with E-state index in [1.165, 1.54) is 0 Å². The number of carbonyl (C=O) groups is 1. The number of benzene rings is 2. The minimum absolute atomic E-state index is 0.000810. The SMILES string of the molecule is O=C1c2c(cccc2OC2CCCCC2O)CN1Cc1cccc(Br)c1. The number of nitrogens with zero attached hydrogens (tertiary/aromatic N) is 1. The van der Waals surface area contributed by atoms with Crippen LogP contribution in [0.2, 0.25) is 0 Å². The van der Waals surface area contributed by atoms with E-state index >= 15 is 0 Å². The molecule has 136 valence electrons. The molecule has 4 nitrogen and oxygen atoms in total. The first-order chi connectivity index (χ1) is 12.6. The van der Waals surface area contributed by atoms with Crippen LogP contribution in [0.3, 0.4) is 0 Å². The van der Waals surface area contributed by atoms with Crippen molar-refractivity contribution in [1.82, 2.24) is 4.90 Å². The van der Waals surface area contributed by atoms with Gasteiger partial charge in [-0.3, -0.25) is 4.79 Å². The van der Waals surface area contributed by atoms with Crippen LogP contribution >= 0.6 is 15.9 Å². The summed E-state index contributed by atoms with van der Waals surface area (Å²) < 4.78 is 7.10. The number of aliphatic hydroxyl groups is 1. The molecule has 2 aromatic carbocycles. The second-order valence-electron chi connectivity index (χ2n) is 7.09. The molecule has 4 rings (SSSR count). The van der Waals surface area contributed by atoms with E-state index in [0.717, 1.165) is 41.3 Å². The van der Waals surface area contributed by atoms with Gasteiger partial charge in [-0.25, -0.2) is 0 Å². The first-order valence-corrected chi connectivity index (χ1v) is 9.91. The van der Waals surface area contributed by atoms with Crippen LogP contribution < -0.4 is 4.74 Å². The highest BCUT2D eigenvalue weighted by atomic mass is 79.9. The Hall–Kier alpha value is -1.85. The van der Waals surface area contributed by atoms with Gasteiger partial charge in [0.15, 0.2) is 0 Å². The molecule has 1 N–H and O–H groups in total. The Morgan fingerprint density at radius 2 is 1.96 bits per heavy atom. The van der Waals surface area contributed by atoms with E-state index in [1.54, 1.807) is 0 Å². The molecule has 2 aromatic rings. The quantitative estimate of drug-likeness (QED) is 0.809. The summed E-state index contributed by atoms with van der Waals surface area (Å²) in [4.78, 5) is 14.8. The van der Waals surface area contributed by atoms with Crippen LogP contribution in [-0.2, 0) is 13.1 Å². The molecule has 1 aliphatic heterocycles. The number of rotatable bonds is 4. The predicted octanol–water partition coefficient (Wildman–Crippen LogP) is 4.29.